The minimum atomic E-state index is -0.605. The maximum atomic E-state index is 15.2. The summed E-state index contributed by atoms with van der Waals surface area (Å²) in [4.78, 5) is 30.9. The number of likely N-dealkylation sites (tertiary alicyclic amines) is 1. The molecule has 2 heterocycles. The summed E-state index contributed by atoms with van der Waals surface area (Å²) in [5.41, 5.74) is 3.35. The van der Waals surface area contributed by atoms with Crippen LogP contribution in [0, 0.1) is 24.5 Å². The van der Waals surface area contributed by atoms with E-state index in [-0.39, 0.29) is 41.0 Å². The Morgan fingerprint density at radius 1 is 1.04 bits per heavy atom. The van der Waals surface area contributed by atoms with Crippen molar-refractivity contribution >= 4 is 23.4 Å². The maximum absolute atomic E-state index is 15.2. The number of nitrogens with one attached hydrogen (secondary N) is 1. The molecule has 0 aromatic heterocycles. The molecule has 4 aliphatic rings. The molecule has 2 amide bonds. The van der Waals surface area contributed by atoms with E-state index in [1.807, 2.05) is 11.8 Å². The van der Waals surface area contributed by atoms with Crippen molar-refractivity contribution in [3.63, 3.8) is 0 Å². The fourth-order valence-electron chi connectivity index (χ4n) is 9.26. The molecule has 1 spiro atoms. The first-order chi connectivity index (χ1) is 21.8. The predicted molar refractivity (Wildman–Crippen MR) is 176 cm³/mol. The van der Waals surface area contributed by atoms with Crippen molar-refractivity contribution in [3.8, 4) is 0 Å². The quantitative estimate of drug-likeness (QED) is 0.369. The molecule has 6 nitrogen and oxygen atoms in total. The van der Waals surface area contributed by atoms with E-state index in [1.165, 1.54) is 23.3 Å². The summed E-state index contributed by atoms with van der Waals surface area (Å²) in [6.45, 7) is 10.4. The van der Waals surface area contributed by atoms with Crippen LogP contribution in [0.15, 0.2) is 30.3 Å². The number of amides is 2. The average Bonchev–Trinajstić information content (AvgIpc) is 3.57. The highest BCUT2D eigenvalue weighted by atomic mass is 35.5. The summed E-state index contributed by atoms with van der Waals surface area (Å²) in [5.74, 6) is -1.73. The minimum absolute atomic E-state index is 0.0527. The van der Waals surface area contributed by atoms with Gasteiger partial charge in [-0.25, -0.2) is 8.78 Å². The lowest BCUT2D eigenvalue weighted by atomic mass is 9.71. The zero-order valence-corrected chi connectivity index (χ0v) is 28.6. The summed E-state index contributed by atoms with van der Waals surface area (Å²) < 4.78 is 34.8. The van der Waals surface area contributed by atoms with Crippen LogP contribution in [0.25, 0.3) is 0 Å². The van der Waals surface area contributed by atoms with E-state index in [9.17, 15) is 14.0 Å². The molecule has 0 bridgehead atoms. The van der Waals surface area contributed by atoms with Crippen LogP contribution in [-0.2, 0) is 19.7 Å². The summed E-state index contributed by atoms with van der Waals surface area (Å²) in [6.07, 6.45) is 5.68. The maximum Gasteiger partial charge on any atom is 0.226 e. The number of rotatable bonds is 6. The third kappa shape index (κ3) is 6.22. The number of carbonyl (C=O) groups excluding carboxylic acids is 2. The minimum Gasteiger partial charge on any atom is -0.381 e. The Hall–Kier alpha value is -2.55. The number of ether oxygens (including phenoxy) is 1. The number of carbonyl (C=O) groups is 2. The Kier molecular flexibility index (Phi) is 9.29. The van der Waals surface area contributed by atoms with E-state index in [2.05, 4.69) is 43.2 Å². The summed E-state index contributed by atoms with van der Waals surface area (Å²) in [5, 5.41) is 3.93. The van der Waals surface area contributed by atoms with Crippen LogP contribution < -0.4 is 5.32 Å². The zero-order valence-electron chi connectivity index (χ0n) is 27.8. The van der Waals surface area contributed by atoms with Gasteiger partial charge in [0.2, 0.25) is 11.8 Å². The highest BCUT2D eigenvalue weighted by Gasteiger charge is 2.52. The molecule has 46 heavy (non-hydrogen) atoms. The molecule has 2 saturated heterocycles. The van der Waals surface area contributed by atoms with Gasteiger partial charge in [0.15, 0.2) is 0 Å². The van der Waals surface area contributed by atoms with Crippen molar-refractivity contribution in [1.29, 1.82) is 0 Å². The van der Waals surface area contributed by atoms with Gasteiger partial charge in [-0.15, -0.1) is 0 Å². The number of aryl methyl sites for hydroxylation is 1. The first kappa shape index (κ1) is 33.4. The molecule has 250 valence electrons. The standard InChI is InChI=1S/C37H48ClF2N3O3/c1-22-16-30-31(20-33(22)38)37(21-32(30)36(3,4)41-23(2)44)10-12-43(13-11-37)35(45)29-19-26(42(5)25-8-14-46-15-9-25)18-28(29)27-7-6-24(39)17-34(27)40/h6-7,16-17,20,25-26,28-29,32H,8-15,18-19,21H2,1-5H3,(H,41,44)/t26?,28-,29+,32-/m0/s1. The largest absolute Gasteiger partial charge is 0.381 e. The molecule has 2 aromatic rings. The first-order valence-electron chi connectivity index (χ1n) is 16.9. The Balaban J connectivity index is 1.24. The van der Waals surface area contributed by atoms with Gasteiger partial charge in [-0.05, 0) is 118 Å². The molecule has 2 aromatic carbocycles. The number of hydrogen-bond acceptors (Lipinski definition) is 4. The van der Waals surface area contributed by atoms with Gasteiger partial charge in [0.25, 0.3) is 0 Å². The second-order valence-corrected chi connectivity index (χ2v) is 15.4. The van der Waals surface area contributed by atoms with E-state index >= 15 is 4.39 Å². The number of fused-ring (bicyclic) bond motifs is 2. The van der Waals surface area contributed by atoms with Crippen LogP contribution in [-0.4, -0.2) is 72.6 Å². The second kappa shape index (κ2) is 12.8. The molecule has 3 fully saturated rings. The highest BCUT2D eigenvalue weighted by molar-refractivity contribution is 6.31. The fourth-order valence-corrected chi connectivity index (χ4v) is 9.43. The van der Waals surface area contributed by atoms with Gasteiger partial charge >= 0.3 is 0 Å². The number of hydrogen-bond donors (Lipinski definition) is 1. The van der Waals surface area contributed by atoms with E-state index in [0.717, 1.165) is 62.0 Å². The van der Waals surface area contributed by atoms with Gasteiger partial charge < -0.3 is 19.9 Å². The van der Waals surface area contributed by atoms with Crippen molar-refractivity contribution in [2.45, 2.75) is 108 Å². The van der Waals surface area contributed by atoms with Gasteiger partial charge in [0.05, 0.1) is 0 Å². The lowest BCUT2D eigenvalue weighted by molar-refractivity contribution is -0.137. The topological polar surface area (TPSA) is 61.9 Å². The van der Waals surface area contributed by atoms with Crippen LogP contribution in [0.3, 0.4) is 0 Å². The van der Waals surface area contributed by atoms with Crippen LogP contribution in [0.1, 0.15) is 99.8 Å². The second-order valence-electron chi connectivity index (χ2n) is 15.0. The van der Waals surface area contributed by atoms with Gasteiger partial charge in [0.1, 0.15) is 11.6 Å². The first-order valence-corrected chi connectivity index (χ1v) is 17.3. The molecule has 9 heteroatoms. The van der Waals surface area contributed by atoms with Gasteiger partial charge in [-0.1, -0.05) is 23.7 Å². The summed E-state index contributed by atoms with van der Waals surface area (Å²) in [7, 11) is 2.12. The van der Waals surface area contributed by atoms with Crippen molar-refractivity contribution in [2.24, 2.45) is 5.92 Å². The lowest BCUT2D eigenvalue weighted by Crippen LogP contribution is -2.49. The summed E-state index contributed by atoms with van der Waals surface area (Å²) >= 11 is 6.70. The van der Waals surface area contributed by atoms with E-state index in [0.29, 0.717) is 37.5 Å². The van der Waals surface area contributed by atoms with Crippen LogP contribution in [0.2, 0.25) is 5.02 Å². The molecule has 6 rings (SSSR count). The average molecular weight is 656 g/mol. The van der Waals surface area contributed by atoms with Crippen molar-refractivity contribution in [2.75, 3.05) is 33.4 Å². The highest BCUT2D eigenvalue weighted by Crippen LogP contribution is 2.56. The molecular formula is C37H48ClF2N3O3. The fraction of sp³-hybridized carbons (Fsp3) is 0.622. The molecule has 2 aliphatic carbocycles. The van der Waals surface area contributed by atoms with Crippen molar-refractivity contribution in [1.82, 2.24) is 15.1 Å². The van der Waals surface area contributed by atoms with Gasteiger partial charge in [-0.3, -0.25) is 9.59 Å². The predicted octanol–water partition coefficient (Wildman–Crippen LogP) is 6.86. The number of piperidine rings is 1. The molecule has 4 atom stereocenters. The van der Waals surface area contributed by atoms with Crippen molar-refractivity contribution in [3.05, 3.63) is 69.2 Å². The number of benzene rings is 2. The smallest absolute Gasteiger partial charge is 0.226 e. The molecule has 2 aliphatic heterocycles. The lowest BCUT2D eigenvalue weighted by Gasteiger charge is -2.42. The van der Waals surface area contributed by atoms with Crippen LogP contribution in [0.4, 0.5) is 8.78 Å². The zero-order chi connectivity index (χ0) is 33.0. The molecule has 1 N–H and O–H groups in total. The molecule has 1 saturated carbocycles. The normalized spacial score (nSPS) is 26.5. The van der Waals surface area contributed by atoms with Crippen LogP contribution >= 0.6 is 11.6 Å². The van der Waals surface area contributed by atoms with Gasteiger partial charge in [-0.2, -0.15) is 0 Å². The van der Waals surface area contributed by atoms with Crippen molar-refractivity contribution < 1.29 is 23.1 Å². The molecule has 0 radical (unpaired) electrons. The van der Waals surface area contributed by atoms with E-state index in [4.69, 9.17) is 16.3 Å². The SMILES string of the molecule is CC(=O)NC(C)(C)[C@H]1CC2(CCN(C(=O)[C@@H]3CC(N(C)C4CCOCC4)C[C@H]3c3ccc(F)cc3F)CC2)c2cc(Cl)c(C)cc21. The number of nitrogens with zero attached hydrogens (tertiary/aromatic N) is 2. The monoisotopic (exact) mass is 655 g/mol. The third-order valence-electron chi connectivity index (χ3n) is 11.8. The summed E-state index contributed by atoms with van der Waals surface area (Å²) in [6, 6.07) is 8.60. The Bertz CT molecular complexity index is 1480. The van der Waals surface area contributed by atoms with E-state index < -0.39 is 17.2 Å². The third-order valence-corrected chi connectivity index (χ3v) is 12.2. The molecule has 1 unspecified atom stereocenters. The van der Waals surface area contributed by atoms with E-state index in [1.54, 1.807) is 6.92 Å². The Labute approximate surface area is 277 Å². The molecular weight excluding hydrogens is 608 g/mol. The van der Waals surface area contributed by atoms with Crippen LogP contribution in [0.5, 0.6) is 0 Å². The Morgan fingerprint density at radius 2 is 1.74 bits per heavy atom. The number of halogens is 3. The Morgan fingerprint density at radius 3 is 2.39 bits per heavy atom. The van der Waals surface area contributed by atoms with Gasteiger partial charge in [0, 0.05) is 73.8 Å².